The van der Waals surface area contributed by atoms with E-state index in [4.69, 9.17) is 25.8 Å². The fourth-order valence-electron chi connectivity index (χ4n) is 3.93. The van der Waals surface area contributed by atoms with Gasteiger partial charge in [-0.3, -0.25) is 13.9 Å². The van der Waals surface area contributed by atoms with Crippen LogP contribution in [0.4, 0.5) is 15.8 Å². The molecule has 0 heterocycles. The Morgan fingerprint density at radius 2 is 1.62 bits per heavy atom. The summed E-state index contributed by atoms with van der Waals surface area (Å²) in [6.45, 7) is -0.892. The maximum absolute atomic E-state index is 13.6. The molecule has 234 valence electrons. The number of carbonyl (C=O) groups excluding carboxylic acids is 2. The molecule has 0 saturated carbocycles. The summed E-state index contributed by atoms with van der Waals surface area (Å²) in [7, 11) is -1.55. The third-order valence-corrected chi connectivity index (χ3v) is 8.11. The molecule has 45 heavy (non-hydrogen) atoms. The van der Waals surface area contributed by atoms with E-state index < -0.39 is 28.3 Å². The van der Waals surface area contributed by atoms with E-state index in [0.29, 0.717) is 27.8 Å². The highest BCUT2D eigenvalue weighted by Gasteiger charge is 2.28. The average molecular weight is 655 g/mol. The first-order chi connectivity index (χ1) is 21.6. The molecule has 0 aliphatic heterocycles. The number of halogens is 2. The van der Waals surface area contributed by atoms with E-state index in [-0.39, 0.29) is 28.8 Å². The third-order valence-electron chi connectivity index (χ3n) is 6.11. The maximum Gasteiger partial charge on any atom is 0.264 e. The van der Waals surface area contributed by atoms with Crippen molar-refractivity contribution < 1.29 is 36.6 Å². The van der Waals surface area contributed by atoms with Gasteiger partial charge < -0.3 is 19.5 Å². The lowest BCUT2D eigenvalue weighted by molar-refractivity contribution is -0.119. The molecule has 0 aromatic heterocycles. The van der Waals surface area contributed by atoms with Gasteiger partial charge in [-0.25, -0.2) is 18.2 Å². The zero-order chi connectivity index (χ0) is 32.4. The molecule has 14 heteroatoms. The monoisotopic (exact) mass is 654 g/mol. The molecule has 0 unspecified atom stereocenters. The molecular formula is C31H28ClFN4O7S. The first kappa shape index (κ1) is 32.8. The number of hydrazone groups is 1. The van der Waals surface area contributed by atoms with Crippen LogP contribution in [-0.4, -0.2) is 53.8 Å². The van der Waals surface area contributed by atoms with Crippen LogP contribution in [0.2, 0.25) is 5.02 Å². The molecular weight excluding hydrogens is 627 g/mol. The Kier molecular flexibility index (Phi) is 11.0. The molecule has 0 saturated heterocycles. The van der Waals surface area contributed by atoms with Crippen LogP contribution in [0.1, 0.15) is 5.56 Å². The molecule has 0 radical (unpaired) electrons. The molecule has 0 spiro atoms. The normalized spacial score (nSPS) is 11.1. The molecule has 0 bridgehead atoms. The summed E-state index contributed by atoms with van der Waals surface area (Å²) < 4.78 is 57.6. The SMILES string of the molecule is COc1ccc(S(=O)(=O)N(CC(=O)N/N=C\c2ccc(OCC(=O)Nc3cccc(Cl)c3)cc2)c2ccc(F)cc2)cc1OC. The lowest BCUT2D eigenvalue weighted by atomic mass is 10.2. The second-order valence-corrected chi connectivity index (χ2v) is 11.5. The first-order valence-corrected chi connectivity index (χ1v) is 15.0. The molecule has 11 nitrogen and oxygen atoms in total. The number of carbonyl (C=O) groups is 2. The standard InChI is InChI=1S/C31H28ClFN4O7S/c1-42-28-15-14-27(17-29(28)43-2)45(40,41)37(25-10-8-23(33)9-11-25)19-30(38)36-34-18-21-6-12-26(13-7-21)44-20-31(39)35-24-5-3-4-22(32)16-24/h3-18H,19-20H2,1-2H3,(H,35,39)(H,36,38)/b34-18-. The maximum atomic E-state index is 13.6. The van der Waals surface area contributed by atoms with Crippen molar-refractivity contribution in [3.05, 3.63) is 107 Å². The van der Waals surface area contributed by atoms with Gasteiger partial charge in [0.25, 0.3) is 21.8 Å². The minimum absolute atomic E-state index is 0.0575. The zero-order valence-corrected chi connectivity index (χ0v) is 25.6. The van der Waals surface area contributed by atoms with E-state index in [0.717, 1.165) is 16.4 Å². The number of sulfonamides is 1. The number of rotatable bonds is 13. The quantitative estimate of drug-likeness (QED) is 0.155. The Hall–Kier alpha value is -5.14. The van der Waals surface area contributed by atoms with Crippen molar-refractivity contribution >= 4 is 51.0 Å². The van der Waals surface area contributed by atoms with Gasteiger partial charge in [0.05, 0.1) is 31.0 Å². The van der Waals surface area contributed by atoms with Crippen molar-refractivity contribution in [1.82, 2.24) is 5.43 Å². The Labute approximate surface area is 264 Å². The highest BCUT2D eigenvalue weighted by atomic mass is 35.5. The second-order valence-electron chi connectivity index (χ2n) is 9.21. The Morgan fingerprint density at radius 3 is 2.29 bits per heavy atom. The van der Waals surface area contributed by atoms with Crippen molar-refractivity contribution in [1.29, 1.82) is 0 Å². The van der Waals surface area contributed by atoms with Gasteiger partial charge in [0.15, 0.2) is 18.1 Å². The van der Waals surface area contributed by atoms with Gasteiger partial charge in [0.1, 0.15) is 18.1 Å². The average Bonchev–Trinajstić information content (AvgIpc) is 3.03. The van der Waals surface area contributed by atoms with Crippen molar-refractivity contribution in [3.8, 4) is 17.2 Å². The van der Waals surface area contributed by atoms with Gasteiger partial charge >= 0.3 is 0 Å². The van der Waals surface area contributed by atoms with Crippen LogP contribution in [0, 0.1) is 5.82 Å². The van der Waals surface area contributed by atoms with Crippen LogP contribution in [0.5, 0.6) is 17.2 Å². The van der Waals surface area contributed by atoms with Crippen LogP contribution >= 0.6 is 11.6 Å². The van der Waals surface area contributed by atoms with Gasteiger partial charge in [-0.2, -0.15) is 5.10 Å². The van der Waals surface area contributed by atoms with E-state index in [1.165, 1.54) is 50.8 Å². The molecule has 4 aromatic carbocycles. The van der Waals surface area contributed by atoms with Gasteiger partial charge in [-0.05, 0) is 84.4 Å². The van der Waals surface area contributed by atoms with Crippen LogP contribution in [0.15, 0.2) is 101 Å². The van der Waals surface area contributed by atoms with E-state index in [9.17, 15) is 22.4 Å². The summed E-state index contributed by atoms with van der Waals surface area (Å²) in [5, 5.41) is 7.08. The predicted octanol–water partition coefficient (Wildman–Crippen LogP) is 4.86. The first-order valence-electron chi connectivity index (χ1n) is 13.2. The van der Waals surface area contributed by atoms with Crippen LogP contribution in [0.3, 0.4) is 0 Å². The number of hydrogen-bond acceptors (Lipinski definition) is 8. The summed E-state index contributed by atoms with van der Waals surface area (Å²) in [4.78, 5) is 24.8. The van der Waals surface area contributed by atoms with E-state index in [1.807, 2.05) is 0 Å². The number of benzene rings is 4. The number of nitrogens with zero attached hydrogens (tertiary/aromatic N) is 2. The summed E-state index contributed by atoms with van der Waals surface area (Å²) in [6.07, 6.45) is 1.35. The highest BCUT2D eigenvalue weighted by Crippen LogP contribution is 2.32. The van der Waals surface area contributed by atoms with Gasteiger partial charge in [0.2, 0.25) is 0 Å². The van der Waals surface area contributed by atoms with Crippen LogP contribution in [0.25, 0.3) is 0 Å². The van der Waals surface area contributed by atoms with Gasteiger partial charge in [-0.1, -0.05) is 17.7 Å². The molecule has 0 atom stereocenters. The summed E-state index contributed by atoms with van der Waals surface area (Å²) in [6, 6.07) is 21.9. The summed E-state index contributed by atoms with van der Waals surface area (Å²) in [5.41, 5.74) is 3.49. The van der Waals surface area contributed by atoms with Gasteiger partial charge in [-0.15, -0.1) is 0 Å². The molecule has 4 aromatic rings. The summed E-state index contributed by atoms with van der Waals surface area (Å²) in [5.74, 6) is -0.792. The number of hydrogen-bond donors (Lipinski definition) is 2. The van der Waals surface area contributed by atoms with Crippen LogP contribution < -0.4 is 29.3 Å². The predicted molar refractivity (Wildman–Crippen MR) is 168 cm³/mol. The van der Waals surface area contributed by atoms with E-state index >= 15 is 0 Å². The lowest BCUT2D eigenvalue weighted by Gasteiger charge is -2.24. The molecule has 0 fully saturated rings. The second kappa shape index (κ2) is 15.0. The zero-order valence-electron chi connectivity index (χ0n) is 24.1. The van der Waals surface area contributed by atoms with E-state index in [2.05, 4.69) is 15.8 Å². The van der Waals surface area contributed by atoms with E-state index in [1.54, 1.807) is 48.5 Å². The van der Waals surface area contributed by atoms with Crippen LogP contribution in [-0.2, 0) is 19.6 Å². The number of nitrogens with one attached hydrogen (secondary N) is 2. The number of ether oxygens (including phenoxy) is 3. The lowest BCUT2D eigenvalue weighted by Crippen LogP contribution is -2.39. The topological polar surface area (TPSA) is 136 Å². The van der Waals surface area contributed by atoms with Crippen molar-refractivity contribution in [3.63, 3.8) is 0 Å². The number of methoxy groups -OCH3 is 2. The molecule has 2 N–H and O–H groups in total. The highest BCUT2D eigenvalue weighted by molar-refractivity contribution is 7.92. The Bertz CT molecular complexity index is 1790. The molecule has 4 rings (SSSR count). The Balaban J connectivity index is 1.39. The fourth-order valence-corrected chi connectivity index (χ4v) is 5.56. The molecule has 0 aliphatic rings. The smallest absolute Gasteiger partial charge is 0.264 e. The van der Waals surface area contributed by atoms with Crippen molar-refractivity contribution in [2.75, 3.05) is 37.0 Å². The van der Waals surface area contributed by atoms with Crippen molar-refractivity contribution in [2.24, 2.45) is 5.10 Å². The molecule has 0 aliphatic carbocycles. The molecule has 2 amide bonds. The third kappa shape index (κ3) is 8.94. The number of anilines is 2. The Morgan fingerprint density at radius 1 is 0.911 bits per heavy atom. The largest absolute Gasteiger partial charge is 0.493 e. The fraction of sp³-hybridized carbons (Fsp3) is 0.129. The summed E-state index contributed by atoms with van der Waals surface area (Å²) >= 11 is 5.92. The van der Waals surface area contributed by atoms with Gasteiger partial charge in [0, 0.05) is 16.8 Å². The number of amides is 2. The van der Waals surface area contributed by atoms with Crippen molar-refractivity contribution in [2.45, 2.75) is 4.90 Å². The minimum atomic E-state index is -4.32. The minimum Gasteiger partial charge on any atom is -0.493 e.